The van der Waals surface area contributed by atoms with E-state index in [1.807, 2.05) is 0 Å². The highest BCUT2D eigenvalue weighted by molar-refractivity contribution is 7.92. The zero-order chi connectivity index (χ0) is 16.8. The van der Waals surface area contributed by atoms with Crippen molar-refractivity contribution < 1.29 is 18.5 Å². The second kappa shape index (κ2) is 12.6. The van der Waals surface area contributed by atoms with Crippen molar-refractivity contribution in [2.24, 2.45) is 0 Å². The first kappa shape index (κ1) is 20.2. The lowest BCUT2D eigenvalue weighted by Gasteiger charge is -2.01. The highest BCUT2D eigenvalue weighted by atomic mass is 32.3. The number of hydroxylamine groups is 1. The molecule has 5 nitrogen and oxygen atoms in total. The Labute approximate surface area is 141 Å². The van der Waals surface area contributed by atoms with Gasteiger partial charge in [-0.3, -0.25) is 4.98 Å². The smallest absolute Gasteiger partial charge is 0.259 e. The lowest BCUT2D eigenvalue weighted by Crippen LogP contribution is -2.84. The summed E-state index contributed by atoms with van der Waals surface area (Å²) in [6.45, 7) is 2.90. The molecule has 0 spiro atoms. The molecule has 1 radical (unpaired) electrons. The van der Waals surface area contributed by atoms with Gasteiger partial charge in [0.2, 0.25) is 0 Å². The van der Waals surface area contributed by atoms with Crippen molar-refractivity contribution in [3.05, 3.63) is 24.5 Å². The molecule has 1 heterocycles. The van der Waals surface area contributed by atoms with Gasteiger partial charge in [0.25, 0.3) is 4.90 Å². The summed E-state index contributed by atoms with van der Waals surface area (Å²) in [6, 6.07) is 3.06. The third kappa shape index (κ3) is 9.81. The maximum atomic E-state index is 11.8. The normalized spacial score (nSPS) is 13.8. The van der Waals surface area contributed by atoms with Crippen LogP contribution in [0.4, 0.5) is 0 Å². The molecule has 0 fully saturated rings. The number of pyridine rings is 1. The molecule has 0 aromatic carbocycles. The quantitative estimate of drug-likeness (QED) is 0.318. The summed E-state index contributed by atoms with van der Waals surface area (Å²) in [7, 11) is -3.69. The number of quaternary nitrogens is 1. The number of hydrogen-bond acceptors (Lipinski definition) is 3. The lowest BCUT2D eigenvalue weighted by atomic mass is 10.1. The van der Waals surface area contributed by atoms with Crippen LogP contribution in [-0.4, -0.2) is 11.5 Å². The molecule has 0 aliphatic rings. The Kier molecular flexibility index (Phi) is 11.1. The van der Waals surface area contributed by atoms with E-state index in [4.69, 9.17) is 4.28 Å². The first-order valence-electron chi connectivity index (χ1n) is 8.82. The van der Waals surface area contributed by atoms with Crippen LogP contribution in [-0.2, 0) is 23.5 Å². The average molecular weight is 344 g/mol. The van der Waals surface area contributed by atoms with Crippen molar-refractivity contribution in [1.82, 2.24) is 4.98 Å². The van der Waals surface area contributed by atoms with Gasteiger partial charge in [-0.2, -0.15) is 0 Å². The second-order valence-electron chi connectivity index (χ2n) is 5.88. The topological polar surface area (TPSA) is 75.7 Å². The summed E-state index contributed by atoms with van der Waals surface area (Å²) >= 11 is 0. The Morgan fingerprint density at radius 1 is 1.04 bits per heavy atom. The molecule has 1 aromatic heterocycles. The summed E-state index contributed by atoms with van der Waals surface area (Å²) in [5, 5.41) is 0. The van der Waals surface area contributed by atoms with E-state index in [0.29, 0.717) is 6.54 Å². The molecule has 0 saturated heterocycles. The summed E-state index contributed by atoms with van der Waals surface area (Å²) in [6.07, 6.45) is 15.5. The van der Waals surface area contributed by atoms with Gasteiger partial charge in [-0.25, -0.2) is 0 Å². The van der Waals surface area contributed by atoms with Crippen LogP contribution in [0.25, 0.3) is 0 Å². The standard InChI is InChI=1S/C17H30N2O3S/c1-2-3-4-5-6-7-8-9-10-11-15-19-22-23(20,21)17-13-12-14-18-16-17/h12-14,16,19H,2-11,15H2,1H3/q+1/p+1. The Balaban J connectivity index is 1.94. The van der Waals surface area contributed by atoms with E-state index < -0.39 is 10.5 Å². The largest absolute Gasteiger partial charge is 0.483 e. The number of unbranched alkanes of at least 4 members (excludes halogenated alkanes) is 9. The van der Waals surface area contributed by atoms with Gasteiger partial charge < -0.3 is 0 Å². The zero-order valence-corrected chi connectivity index (χ0v) is 15.1. The monoisotopic (exact) mass is 343 g/mol. The SMILES string of the molecule is CCCCCCCCCCCC[NH2+]O[S+]([O])(=O)c1cccnc1. The number of nitrogens with zero attached hydrogens (tertiary/aromatic N) is 1. The van der Waals surface area contributed by atoms with Gasteiger partial charge in [0.1, 0.15) is 6.54 Å². The summed E-state index contributed by atoms with van der Waals surface area (Å²) in [5.41, 5.74) is 1.40. The zero-order valence-electron chi connectivity index (χ0n) is 14.2. The number of nitrogens with two attached hydrogens (primary N) is 1. The van der Waals surface area contributed by atoms with Gasteiger partial charge >= 0.3 is 10.5 Å². The summed E-state index contributed by atoms with van der Waals surface area (Å²) in [5.74, 6) is 0. The van der Waals surface area contributed by atoms with E-state index in [9.17, 15) is 8.76 Å². The van der Waals surface area contributed by atoms with Gasteiger partial charge in [0.05, 0.1) is 15.0 Å². The van der Waals surface area contributed by atoms with Crippen LogP contribution in [0.2, 0.25) is 0 Å². The molecule has 0 aliphatic carbocycles. The van der Waals surface area contributed by atoms with E-state index in [1.165, 1.54) is 75.3 Å². The Morgan fingerprint density at radius 3 is 2.22 bits per heavy atom. The van der Waals surface area contributed by atoms with E-state index in [1.54, 1.807) is 6.07 Å². The van der Waals surface area contributed by atoms with Gasteiger partial charge in [0.15, 0.2) is 0 Å². The molecule has 6 heteroatoms. The fourth-order valence-electron chi connectivity index (χ4n) is 2.40. The van der Waals surface area contributed by atoms with Gasteiger partial charge in [-0.15, -0.1) is 5.48 Å². The first-order chi connectivity index (χ1) is 11.2. The minimum absolute atomic E-state index is 0.0966. The van der Waals surface area contributed by atoms with Crippen molar-refractivity contribution in [2.75, 3.05) is 6.54 Å². The molecule has 0 bridgehead atoms. The van der Waals surface area contributed by atoms with Crippen molar-refractivity contribution in [3.63, 3.8) is 0 Å². The van der Waals surface area contributed by atoms with Crippen LogP contribution < -0.4 is 5.48 Å². The van der Waals surface area contributed by atoms with Crippen molar-refractivity contribution in [2.45, 2.75) is 76.0 Å². The predicted octanol–water partition coefficient (Wildman–Crippen LogP) is 3.62. The second-order valence-corrected chi connectivity index (χ2v) is 7.45. The van der Waals surface area contributed by atoms with Crippen molar-refractivity contribution in [1.29, 1.82) is 0 Å². The molecular formula is C17H31N2O3S+2. The highest BCUT2D eigenvalue weighted by Crippen LogP contribution is 2.14. The van der Waals surface area contributed by atoms with Gasteiger partial charge in [-0.05, 0) is 23.1 Å². The predicted molar refractivity (Wildman–Crippen MR) is 91.0 cm³/mol. The third-order valence-corrected chi connectivity index (χ3v) is 5.00. The van der Waals surface area contributed by atoms with Gasteiger partial charge in [0, 0.05) is 12.3 Å². The summed E-state index contributed by atoms with van der Waals surface area (Å²) < 4.78 is 28.5. The minimum atomic E-state index is -3.69. The van der Waals surface area contributed by atoms with Crippen LogP contribution in [0.5, 0.6) is 0 Å². The van der Waals surface area contributed by atoms with E-state index in [0.717, 1.165) is 12.8 Å². The van der Waals surface area contributed by atoms with Crippen LogP contribution in [0.3, 0.4) is 0 Å². The molecule has 131 valence electrons. The third-order valence-electron chi connectivity index (χ3n) is 3.79. The van der Waals surface area contributed by atoms with E-state index in [-0.39, 0.29) is 4.90 Å². The fraction of sp³-hybridized carbons (Fsp3) is 0.706. The Hall–Kier alpha value is -0.820. The van der Waals surface area contributed by atoms with Crippen molar-refractivity contribution in [3.8, 4) is 0 Å². The molecule has 2 N–H and O–H groups in total. The van der Waals surface area contributed by atoms with Crippen LogP contribution in [0.1, 0.15) is 71.1 Å². The van der Waals surface area contributed by atoms with Crippen LogP contribution in [0.15, 0.2) is 29.4 Å². The highest BCUT2D eigenvalue weighted by Gasteiger charge is 2.38. The average Bonchev–Trinajstić information content (AvgIpc) is 2.56. The molecule has 1 rings (SSSR count). The van der Waals surface area contributed by atoms with Crippen LogP contribution >= 0.6 is 0 Å². The molecule has 23 heavy (non-hydrogen) atoms. The molecule has 1 unspecified atom stereocenters. The molecule has 1 aromatic rings. The van der Waals surface area contributed by atoms with E-state index >= 15 is 0 Å². The molecule has 0 aliphatic heterocycles. The van der Waals surface area contributed by atoms with Gasteiger partial charge in [-0.1, -0.05) is 58.3 Å². The van der Waals surface area contributed by atoms with Crippen molar-refractivity contribution >= 4 is 10.5 Å². The molecule has 0 saturated carbocycles. The minimum Gasteiger partial charge on any atom is -0.259 e. The molecule has 1 atom stereocenters. The molecule has 0 amide bonds. The Morgan fingerprint density at radius 2 is 1.65 bits per heavy atom. The maximum absolute atomic E-state index is 11.8. The molecular weight excluding hydrogens is 312 g/mol. The van der Waals surface area contributed by atoms with E-state index in [2.05, 4.69) is 11.9 Å². The number of hydrogen-bond donors (Lipinski definition) is 1. The first-order valence-corrected chi connectivity index (χ1v) is 10.2. The lowest BCUT2D eigenvalue weighted by molar-refractivity contribution is -0.860. The maximum Gasteiger partial charge on any atom is 0.483 e. The van der Waals surface area contributed by atoms with Crippen LogP contribution in [0, 0.1) is 0 Å². The Bertz CT molecular complexity index is 443. The fourth-order valence-corrected chi connectivity index (χ4v) is 3.23. The number of aromatic nitrogens is 1. The number of rotatable bonds is 14. The summed E-state index contributed by atoms with van der Waals surface area (Å²) in [4.78, 5) is 3.88.